The normalized spacial score (nSPS) is 17.8. The Bertz CT molecular complexity index is 225. The van der Waals surface area contributed by atoms with E-state index in [-0.39, 0.29) is 11.9 Å². The van der Waals surface area contributed by atoms with E-state index < -0.39 is 0 Å². The molecule has 17 heavy (non-hydrogen) atoms. The predicted octanol–water partition coefficient (Wildman–Crippen LogP) is 1.26. The van der Waals surface area contributed by atoms with E-state index in [9.17, 15) is 4.79 Å². The quantitative estimate of drug-likeness (QED) is 0.731. The van der Waals surface area contributed by atoms with Crippen LogP contribution in [-0.2, 0) is 9.53 Å². The molecule has 0 bridgehead atoms. The minimum Gasteiger partial charge on any atom is -0.380 e. The van der Waals surface area contributed by atoms with Gasteiger partial charge in [0.1, 0.15) is 0 Å². The first-order valence-corrected chi connectivity index (χ1v) is 6.74. The first kappa shape index (κ1) is 14.5. The molecule has 0 spiro atoms. The molecule has 0 aliphatic carbocycles. The van der Waals surface area contributed by atoms with Crippen molar-refractivity contribution in [2.45, 2.75) is 39.7 Å². The number of nitrogens with one attached hydrogen (secondary N) is 1. The van der Waals surface area contributed by atoms with Gasteiger partial charge in [0.25, 0.3) is 0 Å². The highest BCUT2D eigenvalue weighted by Crippen LogP contribution is 2.07. The van der Waals surface area contributed by atoms with Crippen LogP contribution < -0.4 is 5.32 Å². The second-order valence-electron chi connectivity index (χ2n) is 4.98. The zero-order valence-electron chi connectivity index (χ0n) is 11.4. The third-order valence-electron chi connectivity index (χ3n) is 3.28. The summed E-state index contributed by atoms with van der Waals surface area (Å²) in [4.78, 5) is 13.8. The van der Waals surface area contributed by atoms with Crippen molar-refractivity contribution in [1.82, 2.24) is 10.2 Å². The van der Waals surface area contributed by atoms with Crippen molar-refractivity contribution in [2.24, 2.45) is 5.92 Å². The van der Waals surface area contributed by atoms with Gasteiger partial charge >= 0.3 is 0 Å². The van der Waals surface area contributed by atoms with Gasteiger partial charge in [-0.25, -0.2) is 0 Å². The Kier molecular flexibility index (Phi) is 6.52. The topological polar surface area (TPSA) is 41.6 Å². The lowest BCUT2D eigenvalue weighted by molar-refractivity contribution is -0.129. The summed E-state index contributed by atoms with van der Waals surface area (Å²) in [5, 5.41) is 3.31. The van der Waals surface area contributed by atoms with Gasteiger partial charge in [0.15, 0.2) is 0 Å². The SMILES string of the molecule is CCOCC(NCC(=O)N1CCCC1)C(C)C. The number of amides is 1. The summed E-state index contributed by atoms with van der Waals surface area (Å²) in [6.07, 6.45) is 2.30. The molecule has 1 N–H and O–H groups in total. The van der Waals surface area contributed by atoms with Gasteiger partial charge in [0.2, 0.25) is 5.91 Å². The Morgan fingerprint density at radius 2 is 2.00 bits per heavy atom. The molecule has 4 nitrogen and oxygen atoms in total. The number of carbonyl (C=O) groups is 1. The predicted molar refractivity (Wildman–Crippen MR) is 68.9 cm³/mol. The fraction of sp³-hybridized carbons (Fsp3) is 0.923. The molecule has 0 aromatic heterocycles. The molecule has 1 unspecified atom stereocenters. The maximum Gasteiger partial charge on any atom is 0.236 e. The van der Waals surface area contributed by atoms with E-state index in [2.05, 4.69) is 19.2 Å². The Morgan fingerprint density at radius 3 is 2.53 bits per heavy atom. The van der Waals surface area contributed by atoms with E-state index in [0.29, 0.717) is 19.1 Å². The van der Waals surface area contributed by atoms with Crippen LogP contribution in [0.3, 0.4) is 0 Å². The summed E-state index contributed by atoms with van der Waals surface area (Å²) in [6.45, 7) is 10.00. The van der Waals surface area contributed by atoms with E-state index in [1.807, 2.05) is 11.8 Å². The van der Waals surface area contributed by atoms with Crippen LogP contribution in [0.15, 0.2) is 0 Å². The molecule has 1 aliphatic rings. The summed E-state index contributed by atoms with van der Waals surface area (Å²) >= 11 is 0. The van der Waals surface area contributed by atoms with Crippen LogP contribution in [0.1, 0.15) is 33.6 Å². The molecule has 1 saturated heterocycles. The number of nitrogens with zero attached hydrogens (tertiary/aromatic N) is 1. The monoisotopic (exact) mass is 242 g/mol. The molecule has 100 valence electrons. The number of rotatable bonds is 7. The fourth-order valence-electron chi connectivity index (χ4n) is 2.03. The van der Waals surface area contributed by atoms with Gasteiger partial charge in [0.05, 0.1) is 13.2 Å². The molecule has 1 aliphatic heterocycles. The van der Waals surface area contributed by atoms with E-state index in [4.69, 9.17) is 4.74 Å². The van der Waals surface area contributed by atoms with Gasteiger partial charge < -0.3 is 15.0 Å². The van der Waals surface area contributed by atoms with Crippen molar-refractivity contribution in [3.63, 3.8) is 0 Å². The van der Waals surface area contributed by atoms with Crippen molar-refractivity contribution in [1.29, 1.82) is 0 Å². The van der Waals surface area contributed by atoms with Crippen LogP contribution in [0.4, 0.5) is 0 Å². The van der Waals surface area contributed by atoms with Crippen molar-refractivity contribution >= 4 is 5.91 Å². The Morgan fingerprint density at radius 1 is 1.35 bits per heavy atom. The average molecular weight is 242 g/mol. The largest absolute Gasteiger partial charge is 0.380 e. The first-order chi connectivity index (χ1) is 8.15. The van der Waals surface area contributed by atoms with E-state index in [1.165, 1.54) is 0 Å². The van der Waals surface area contributed by atoms with Gasteiger partial charge in [0, 0.05) is 25.7 Å². The highest BCUT2D eigenvalue weighted by Gasteiger charge is 2.20. The minimum atomic E-state index is 0.227. The molecule has 0 saturated carbocycles. The number of ether oxygens (including phenoxy) is 1. The van der Waals surface area contributed by atoms with E-state index >= 15 is 0 Å². The van der Waals surface area contributed by atoms with Gasteiger partial charge in [-0.1, -0.05) is 13.8 Å². The molecule has 1 rings (SSSR count). The van der Waals surface area contributed by atoms with Crippen LogP contribution in [0.5, 0.6) is 0 Å². The zero-order chi connectivity index (χ0) is 12.7. The van der Waals surface area contributed by atoms with Crippen LogP contribution in [0, 0.1) is 5.92 Å². The van der Waals surface area contributed by atoms with Crippen LogP contribution in [0.25, 0.3) is 0 Å². The lowest BCUT2D eigenvalue weighted by Crippen LogP contribution is -2.44. The van der Waals surface area contributed by atoms with Gasteiger partial charge in [-0.3, -0.25) is 4.79 Å². The van der Waals surface area contributed by atoms with Crippen LogP contribution in [-0.4, -0.2) is 49.7 Å². The maximum atomic E-state index is 11.9. The molecule has 4 heteroatoms. The minimum absolute atomic E-state index is 0.227. The Hall–Kier alpha value is -0.610. The summed E-state index contributed by atoms with van der Waals surface area (Å²) in [6, 6.07) is 0.265. The number of likely N-dealkylation sites (tertiary alicyclic amines) is 1. The second-order valence-corrected chi connectivity index (χ2v) is 4.98. The van der Waals surface area contributed by atoms with Crippen LogP contribution in [0.2, 0.25) is 0 Å². The molecule has 1 fully saturated rings. The number of hydrogen-bond acceptors (Lipinski definition) is 3. The highest BCUT2D eigenvalue weighted by molar-refractivity contribution is 5.78. The summed E-state index contributed by atoms with van der Waals surface area (Å²) < 4.78 is 5.43. The third-order valence-corrected chi connectivity index (χ3v) is 3.28. The van der Waals surface area contributed by atoms with Gasteiger partial charge in [-0.2, -0.15) is 0 Å². The maximum absolute atomic E-state index is 11.9. The van der Waals surface area contributed by atoms with Crippen LogP contribution >= 0.6 is 0 Å². The smallest absolute Gasteiger partial charge is 0.236 e. The van der Waals surface area contributed by atoms with Crippen molar-refractivity contribution in [3.8, 4) is 0 Å². The van der Waals surface area contributed by atoms with E-state index in [0.717, 1.165) is 32.5 Å². The second kappa shape index (κ2) is 7.67. The standard InChI is InChI=1S/C13H26N2O2/c1-4-17-10-12(11(2)3)14-9-13(16)15-7-5-6-8-15/h11-12,14H,4-10H2,1-3H3. The lowest BCUT2D eigenvalue weighted by Gasteiger charge is -2.23. The summed E-state index contributed by atoms with van der Waals surface area (Å²) in [5.41, 5.74) is 0. The first-order valence-electron chi connectivity index (χ1n) is 6.74. The fourth-order valence-corrected chi connectivity index (χ4v) is 2.03. The van der Waals surface area contributed by atoms with E-state index in [1.54, 1.807) is 0 Å². The summed E-state index contributed by atoms with van der Waals surface area (Å²) in [7, 11) is 0. The molecule has 1 amide bonds. The zero-order valence-corrected chi connectivity index (χ0v) is 11.4. The van der Waals surface area contributed by atoms with Crippen molar-refractivity contribution in [3.05, 3.63) is 0 Å². The molecular weight excluding hydrogens is 216 g/mol. The molecule has 1 heterocycles. The molecule has 0 aromatic rings. The van der Waals surface area contributed by atoms with Gasteiger partial charge in [-0.05, 0) is 25.7 Å². The molecule has 1 atom stereocenters. The number of carbonyl (C=O) groups excluding carboxylic acids is 1. The van der Waals surface area contributed by atoms with Crippen molar-refractivity contribution < 1.29 is 9.53 Å². The molecule has 0 aromatic carbocycles. The summed E-state index contributed by atoms with van der Waals surface area (Å²) in [5.74, 6) is 0.706. The molecule has 0 radical (unpaired) electrons. The van der Waals surface area contributed by atoms with Crippen molar-refractivity contribution in [2.75, 3.05) is 32.8 Å². The Balaban J connectivity index is 2.27. The number of hydrogen-bond donors (Lipinski definition) is 1. The third kappa shape index (κ3) is 5.04. The van der Waals surface area contributed by atoms with Gasteiger partial charge in [-0.15, -0.1) is 0 Å². The average Bonchev–Trinajstić information content (AvgIpc) is 2.81. The highest BCUT2D eigenvalue weighted by atomic mass is 16.5. The molecular formula is C13H26N2O2. The Labute approximate surface area is 105 Å². The lowest BCUT2D eigenvalue weighted by atomic mass is 10.1.